The molecule has 0 aliphatic heterocycles. The monoisotopic (exact) mass is 335 g/mol. The van der Waals surface area contributed by atoms with E-state index in [0.717, 1.165) is 6.54 Å². The van der Waals surface area contributed by atoms with E-state index in [0.29, 0.717) is 34.0 Å². The summed E-state index contributed by atoms with van der Waals surface area (Å²) in [5, 5.41) is 14.4. The lowest BCUT2D eigenvalue weighted by Gasteiger charge is -2.11. The topological polar surface area (TPSA) is 89.0 Å². The normalized spacial score (nSPS) is 10.5. The first-order chi connectivity index (χ1) is 11.0. The van der Waals surface area contributed by atoms with Crippen molar-refractivity contribution in [1.82, 2.24) is 15.2 Å². The van der Waals surface area contributed by atoms with E-state index >= 15 is 0 Å². The van der Waals surface area contributed by atoms with E-state index in [1.165, 1.54) is 13.3 Å². The Morgan fingerprint density at radius 2 is 2.17 bits per heavy atom. The molecule has 2 rings (SSSR count). The number of carbonyl (C=O) groups excluding carboxylic acids is 1. The molecule has 0 saturated carbocycles. The summed E-state index contributed by atoms with van der Waals surface area (Å²) in [7, 11) is 1.32. The van der Waals surface area contributed by atoms with Gasteiger partial charge in [-0.1, -0.05) is 25.4 Å². The van der Waals surface area contributed by atoms with Gasteiger partial charge in [0.25, 0.3) is 0 Å². The molecule has 1 aromatic heterocycles. The minimum absolute atomic E-state index is 0.388. The molecule has 0 bridgehead atoms. The van der Waals surface area contributed by atoms with Gasteiger partial charge in [-0.05, 0) is 24.1 Å². The van der Waals surface area contributed by atoms with Crippen molar-refractivity contribution in [2.45, 2.75) is 13.8 Å². The van der Waals surface area contributed by atoms with Crippen LogP contribution in [0.4, 0.5) is 17.5 Å². The second-order valence-corrected chi connectivity index (χ2v) is 5.66. The van der Waals surface area contributed by atoms with Crippen molar-refractivity contribution in [3.05, 3.63) is 35.0 Å². The molecular weight excluding hydrogens is 318 g/mol. The van der Waals surface area contributed by atoms with E-state index in [1.807, 2.05) is 0 Å². The van der Waals surface area contributed by atoms with Gasteiger partial charge in [-0.25, -0.2) is 4.79 Å². The smallest absolute Gasteiger partial charge is 0.337 e. The van der Waals surface area contributed by atoms with Crippen LogP contribution >= 0.6 is 11.6 Å². The number of rotatable bonds is 6. The number of anilines is 3. The molecule has 0 spiro atoms. The number of aromatic nitrogens is 3. The van der Waals surface area contributed by atoms with Crippen LogP contribution in [0.15, 0.2) is 24.4 Å². The summed E-state index contributed by atoms with van der Waals surface area (Å²) in [5.41, 5.74) is 0.921. The Morgan fingerprint density at radius 3 is 2.87 bits per heavy atom. The zero-order chi connectivity index (χ0) is 16.8. The average molecular weight is 336 g/mol. The van der Waals surface area contributed by atoms with Crippen LogP contribution in [-0.2, 0) is 4.74 Å². The average Bonchev–Trinajstić information content (AvgIpc) is 2.54. The van der Waals surface area contributed by atoms with Crippen LogP contribution in [0.1, 0.15) is 24.2 Å². The number of benzene rings is 1. The number of hydrogen-bond donors (Lipinski definition) is 2. The van der Waals surface area contributed by atoms with Crippen LogP contribution in [0.3, 0.4) is 0 Å². The Morgan fingerprint density at radius 1 is 1.39 bits per heavy atom. The fourth-order valence-electron chi connectivity index (χ4n) is 1.74. The first-order valence-electron chi connectivity index (χ1n) is 7.08. The molecule has 0 aliphatic rings. The van der Waals surface area contributed by atoms with Crippen molar-refractivity contribution in [2.75, 3.05) is 24.3 Å². The first kappa shape index (κ1) is 17.0. The molecule has 23 heavy (non-hydrogen) atoms. The highest BCUT2D eigenvalue weighted by atomic mass is 35.5. The van der Waals surface area contributed by atoms with Crippen molar-refractivity contribution in [2.24, 2.45) is 5.92 Å². The van der Waals surface area contributed by atoms with Gasteiger partial charge in [0.2, 0.25) is 5.95 Å². The summed E-state index contributed by atoms with van der Waals surface area (Å²) in [6.45, 7) is 4.91. The number of esters is 1. The lowest BCUT2D eigenvalue weighted by Crippen LogP contribution is -2.12. The Labute approximate surface area is 139 Å². The summed E-state index contributed by atoms with van der Waals surface area (Å²) in [6.07, 6.45) is 1.47. The van der Waals surface area contributed by atoms with Gasteiger partial charge in [-0.3, -0.25) is 0 Å². The second kappa shape index (κ2) is 7.73. The predicted octanol–water partition coefficient (Wildman–Crippen LogP) is 3.12. The van der Waals surface area contributed by atoms with Crippen molar-refractivity contribution >= 4 is 35.0 Å². The van der Waals surface area contributed by atoms with E-state index in [2.05, 4.69) is 39.7 Å². The molecular formula is C15H18ClN5O2. The summed E-state index contributed by atoms with van der Waals surface area (Å²) in [6, 6.07) is 4.80. The Bertz CT molecular complexity index is 693. The molecule has 1 heterocycles. The molecule has 0 unspecified atom stereocenters. The summed E-state index contributed by atoms with van der Waals surface area (Å²) < 4.78 is 4.70. The number of nitrogens with zero attached hydrogens (tertiary/aromatic N) is 3. The van der Waals surface area contributed by atoms with Crippen molar-refractivity contribution in [3.8, 4) is 0 Å². The standard InChI is InChI=1S/C15H18ClN5O2/c1-9(2)7-17-15-20-13(8-18-21-15)19-12-6-10(14(22)23-3)4-5-11(12)16/h4-6,8-9H,7H2,1-3H3,(H2,17,19,20,21). The van der Waals surface area contributed by atoms with Gasteiger partial charge in [0, 0.05) is 6.54 Å². The Kier molecular flexibility index (Phi) is 5.70. The fourth-order valence-corrected chi connectivity index (χ4v) is 1.90. The van der Waals surface area contributed by atoms with Crippen LogP contribution in [-0.4, -0.2) is 34.8 Å². The number of carbonyl (C=O) groups is 1. The Balaban J connectivity index is 2.18. The van der Waals surface area contributed by atoms with Crippen LogP contribution < -0.4 is 10.6 Å². The van der Waals surface area contributed by atoms with Crippen LogP contribution in [0.25, 0.3) is 0 Å². The zero-order valence-corrected chi connectivity index (χ0v) is 13.9. The maximum absolute atomic E-state index is 11.6. The highest BCUT2D eigenvalue weighted by molar-refractivity contribution is 6.33. The molecule has 0 fully saturated rings. The van der Waals surface area contributed by atoms with E-state index in [1.54, 1.807) is 18.2 Å². The minimum atomic E-state index is -0.440. The molecule has 0 atom stereocenters. The largest absolute Gasteiger partial charge is 0.465 e. The van der Waals surface area contributed by atoms with Gasteiger partial charge >= 0.3 is 5.97 Å². The molecule has 8 heteroatoms. The summed E-state index contributed by atoms with van der Waals surface area (Å²) in [5.74, 6) is 0.908. The first-order valence-corrected chi connectivity index (χ1v) is 7.46. The lowest BCUT2D eigenvalue weighted by molar-refractivity contribution is 0.0601. The van der Waals surface area contributed by atoms with E-state index in [-0.39, 0.29) is 0 Å². The third-order valence-electron chi connectivity index (χ3n) is 2.88. The van der Waals surface area contributed by atoms with E-state index < -0.39 is 5.97 Å². The van der Waals surface area contributed by atoms with Gasteiger partial charge in [-0.15, -0.1) is 5.10 Å². The van der Waals surface area contributed by atoms with E-state index in [9.17, 15) is 4.79 Å². The zero-order valence-electron chi connectivity index (χ0n) is 13.1. The molecule has 0 aliphatic carbocycles. The fraction of sp³-hybridized carbons (Fsp3) is 0.333. The second-order valence-electron chi connectivity index (χ2n) is 5.25. The maximum Gasteiger partial charge on any atom is 0.337 e. The predicted molar refractivity (Wildman–Crippen MR) is 89.2 cm³/mol. The van der Waals surface area contributed by atoms with Crippen LogP contribution in [0.2, 0.25) is 5.02 Å². The number of ether oxygens (including phenoxy) is 1. The number of halogens is 1. The molecule has 1 aromatic carbocycles. The van der Waals surface area contributed by atoms with Crippen LogP contribution in [0.5, 0.6) is 0 Å². The van der Waals surface area contributed by atoms with Crippen molar-refractivity contribution in [3.63, 3.8) is 0 Å². The number of methoxy groups -OCH3 is 1. The third kappa shape index (κ3) is 4.79. The van der Waals surface area contributed by atoms with Crippen LogP contribution in [0, 0.1) is 5.92 Å². The highest BCUT2D eigenvalue weighted by Gasteiger charge is 2.10. The highest BCUT2D eigenvalue weighted by Crippen LogP contribution is 2.26. The number of hydrogen-bond acceptors (Lipinski definition) is 7. The van der Waals surface area contributed by atoms with Crippen molar-refractivity contribution < 1.29 is 9.53 Å². The molecule has 2 N–H and O–H groups in total. The van der Waals surface area contributed by atoms with Gasteiger partial charge in [0.15, 0.2) is 5.82 Å². The molecule has 122 valence electrons. The molecule has 0 saturated heterocycles. The van der Waals surface area contributed by atoms with Gasteiger partial charge in [-0.2, -0.15) is 10.1 Å². The van der Waals surface area contributed by atoms with Gasteiger partial charge < -0.3 is 15.4 Å². The van der Waals surface area contributed by atoms with Gasteiger partial charge in [0.1, 0.15) is 0 Å². The quantitative estimate of drug-likeness (QED) is 0.784. The maximum atomic E-state index is 11.6. The molecule has 0 radical (unpaired) electrons. The minimum Gasteiger partial charge on any atom is -0.465 e. The number of nitrogens with one attached hydrogen (secondary N) is 2. The molecule has 0 amide bonds. The lowest BCUT2D eigenvalue weighted by atomic mass is 10.2. The SMILES string of the molecule is COC(=O)c1ccc(Cl)c(Nc2cnnc(NCC(C)C)n2)c1. The van der Waals surface area contributed by atoms with E-state index in [4.69, 9.17) is 16.3 Å². The molecule has 2 aromatic rings. The molecule has 7 nitrogen and oxygen atoms in total. The van der Waals surface area contributed by atoms with Gasteiger partial charge in [0.05, 0.1) is 29.6 Å². The third-order valence-corrected chi connectivity index (χ3v) is 3.21. The summed E-state index contributed by atoms with van der Waals surface area (Å²) >= 11 is 6.14. The summed E-state index contributed by atoms with van der Waals surface area (Å²) in [4.78, 5) is 15.9. The Hall–Kier alpha value is -2.41. The van der Waals surface area contributed by atoms with Crippen molar-refractivity contribution in [1.29, 1.82) is 0 Å².